The summed E-state index contributed by atoms with van der Waals surface area (Å²) in [4.78, 5) is 60.0. The number of rotatable bonds is 16. The molecule has 0 radical (unpaired) electrons. The van der Waals surface area contributed by atoms with E-state index in [1.54, 1.807) is 17.0 Å². The van der Waals surface area contributed by atoms with Gasteiger partial charge in [0.1, 0.15) is 17.1 Å². The highest BCUT2D eigenvalue weighted by Crippen LogP contribution is 2.42. The van der Waals surface area contributed by atoms with E-state index in [4.69, 9.17) is 15.2 Å². The van der Waals surface area contributed by atoms with Crippen LogP contribution in [-0.4, -0.2) is 109 Å². The zero-order chi connectivity index (χ0) is 32.7. The minimum atomic E-state index is -1.10. The summed E-state index contributed by atoms with van der Waals surface area (Å²) >= 11 is 4.01. The second kappa shape index (κ2) is 15.9. The van der Waals surface area contributed by atoms with Crippen LogP contribution in [0.5, 0.6) is 0 Å². The first kappa shape index (κ1) is 34.6. The Hall–Kier alpha value is -3.22. The molecule has 45 heavy (non-hydrogen) atoms. The van der Waals surface area contributed by atoms with Crippen LogP contribution in [0.3, 0.4) is 0 Å². The number of hydrogen-bond acceptors (Lipinski definition) is 15. The molecule has 0 aromatic carbocycles. The molecule has 3 N–H and O–H groups in total. The summed E-state index contributed by atoms with van der Waals surface area (Å²) in [7, 11) is 3.91. The normalized spacial score (nSPS) is 19.2. The molecule has 18 heteroatoms. The SMILES string of the molecule is CCCC(OC(=O)C1=C(CSc2nnnn2CCN(C)C)CS[C@@H]2[C@H](NC(=O)Cc3csc(N)n3)C(=O)N12)OC(=O)C(C)CC. The summed E-state index contributed by atoms with van der Waals surface area (Å²) in [5, 5.41) is 16.9. The fourth-order valence-corrected chi connectivity index (χ4v) is 7.38. The highest BCUT2D eigenvalue weighted by molar-refractivity contribution is 8.01. The Labute approximate surface area is 274 Å². The third-order valence-electron chi connectivity index (χ3n) is 7.13. The lowest BCUT2D eigenvalue weighted by Crippen LogP contribution is -2.70. The summed E-state index contributed by atoms with van der Waals surface area (Å²) in [6.45, 7) is 6.81. The number of fused-ring (bicyclic) bond motifs is 1. The van der Waals surface area contributed by atoms with Gasteiger partial charge in [-0.05, 0) is 42.9 Å². The predicted octanol–water partition coefficient (Wildman–Crippen LogP) is 1.52. The van der Waals surface area contributed by atoms with Crippen LogP contribution < -0.4 is 11.1 Å². The predicted molar refractivity (Wildman–Crippen MR) is 170 cm³/mol. The number of carbonyl (C=O) groups excluding carboxylic acids is 4. The molecule has 4 atom stereocenters. The number of carbonyl (C=O) groups is 4. The Balaban J connectivity index is 1.54. The first-order valence-electron chi connectivity index (χ1n) is 14.6. The van der Waals surface area contributed by atoms with E-state index in [0.29, 0.717) is 58.9 Å². The molecule has 0 spiro atoms. The second-order valence-corrected chi connectivity index (χ2v) is 13.8. The van der Waals surface area contributed by atoms with Crippen LogP contribution in [0.25, 0.3) is 0 Å². The van der Waals surface area contributed by atoms with E-state index in [2.05, 4.69) is 25.8 Å². The summed E-state index contributed by atoms with van der Waals surface area (Å²) in [6, 6.07) is -0.830. The molecule has 2 unspecified atom stereocenters. The number of tetrazole rings is 1. The number of ether oxygens (including phenoxy) is 2. The van der Waals surface area contributed by atoms with Crippen molar-refractivity contribution in [2.24, 2.45) is 5.92 Å². The number of esters is 2. The van der Waals surface area contributed by atoms with Crippen LogP contribution in [0.1, 0.15) is 45.7 Å². The van der Waals surface area contributed by atoms with Crippen LogP contribution in [0.4, 0.5) is 5.13 Å². The Bertz CT molecular complexity index is 1410. The van der Waals surface area contributed by atoms with Gasteiger partial charge in [0.2, 0.25) is 17.4 Å². The number of nitrogens with two attached hydrogens (primary N) is 1. The average molecular weight is 682 g/mol. The number of nitrogens with one attached hydrogen (secondary N) is 1. The first-order chi connectivity index (χ1) is 21.5. The lowest BCUT2D eigenvalue weighted by Gasteiger charge is -2.49. The number of β-lactam (4-membered cyclic amide) rings is 1. The van der Waals surface area contributed by atoms with Crippen molar-refractivity contribution in [3.63, 3.8) is 0 Å². The summed E-state index contributed by atoms with van der Waals surface area (Å²) in [5.74, 6) is -1.70. The Morgan fingerprint density at radius 2 is 2.04 bits per heavy atom. The van der Waals surface area contributed by atoms with Gasteiger partial charge >= 0.3 is 11.9 Å². The van der Waals surface area contributed by atoms with Gasteiger partial charge in [-0.1, -0.05) is 32.5 Å². The molecule has 2 aromatic rings. The van der Waals surface area contributed by atoms with E-state index in [1.807, 2.05) is 32.8 Å². The first-order valence-corrected chi connectivity index (χ1v) is 17.5. The maximum Gasteiger partial charge on any atom is 0.358 e. The molecule has 0 aliphatic carbocycles. The van der Waals surface area contributed by atoms with Crippen molar-refractivity contribution in [3.8, 4) is 0 Å². The number of likely N-dealkylation sites (N-methyl/N-ethyl adjacent to an activating group) is 1. The van der Waals surface area contributed by atoms with E-state index < -0.39 is 35.6 Å². The molecule has 1 fully saturated rings. The van der Waals surface area contributed by atoms with Gasteiger partial charge in [0.05, 0.1) is 24.6 Å². The molecule has 0 bridgehead atoms. The maximum atomic E-state index is 13.8. The van der Waals surface area contributed by atoms with Gasteiger partial charge in [-0.3, -0.25) is 19.3 Å². The van der Waals surface area contributed by atoms with Crippen LogP contribution >= 0.6 is 34.9 Å². The zero-order valence-corrected chi connectivity index (χ0v) is 28.4. The Morgan fingerprint density at radius 3 is 2.71 bits per heavy atom. The van der Waals surface area contributed by atoms with Crippen molar-refractivity contribution in [2.75, 3.05) is 37.9 Å². The molecule has 4 rings (SSSR count). The van der Waals surface area contributed by atoms with E-state index in [-0.39, 0.29) is 23.9 Å². The quantitative estimate of drug-likeness (QED) is 0.112. The van der Waals surface area contributed by atoms with Crippen LogP contribution in [0.15, 0.2) is 21.8 Å². The molecular formula is C27H39N9O6S3. The fourth-order valence-electron chi connectivity index (χ4n) is 4.43. The smallest absolute Gasteiger partial charge is 0.358 e. The molecule has 2 aromatic heterocycles. The van der Waals surface area contributed by atoms with Gasteiger partial charge < -0.3 is 25.4 Å². The van der Waals surface area contributed by atoms with Gasteiger partial charge in [0, 0.05) is 29.9 Å². The standard InChI is InChI=1S/C27H39N9O6S3/c1-6-8-19(41-24(39)15(3)7-2)42-25(40)21-16(13-45-27-31-32-33-35(27)10-9-34(4)5)12-43-23-20(22(38)36(21)23)30-18(37)11-17-14-44-26(28)29-17/h14-15,19-20,23H,6-13H2,1-5H3,(H2,28,29)(H,30,37)/t15?,19?,20-,23-/m1/s1. The highest BCUT2D eigenvalue weighted by Gasteiger charge is 2.54. The Kier molecular flexibility index (Phi) is 12.2. The van der Waals surface area contributed by atoms with Crippen LogP contribution in [0, 0.1) is 5.92 Å². The number of thioether (sulfide) groups is 2. The molecule has 1 saturated heterocycles. The fraction of sp³-hybridized carbons (Fsp3) is 0.630. The number of aromatic nitrogens is 5. The third-order valence-corrected chi connectivity index (χ3v) is 10.2. The number of anilines is 1. The summed E-state index contributed by atoms with van der Waals surface area (Å²) < 4.78 is 13.0. The molecule has 2 aliphatic heterocycles. The van der Waals surface area contributed by atoms with Gasteiger partial charge in [-0.25, -0.2) is 14.5 Å². The molecule has 2 amide bonds. The van der Waals surface area contributed by atoms with Crippen molar-refractivity contribution in [1.29, 1.82) is 0 Å². The van der Waals surface area contributed by atoms with Gasteiger partial charge in [-0.2, -0.15) is 0 Å². The number of nitrogen functional groups attached to an aromatic ring is 1. The number of thiazole rings is 1. The minimum absolute atomic E-state index is 0.0235. The van der Waals surface area contributed by atoms with Crippen molar-refractivity contribution < 1.29 is 28.7 Å². The van der Waals surface area contributed by atoms with E-state index in [0.717, 1.165) is 6.54 Å². The molecule has 2 aliphatic rings. The van der Waals surface area contributed by atoms with E-state index >= 15 is 0 Å². The molecule has 246 valence electrons. The average Bonchev–Trinajstić information content (AvgIpc) is 3.64. The van der Waals surface area contributed by atoms with Crippen molar-refractivity contribution in [1.82, 2.24) is 40.3 Å². The topological polar surface area (TPSA) is 188 Å². The number of nitrogens with zero attached hydrogens (tertiary/aromatic N) is 7. The van der Waals surface area contributed by atoms with E-state index in [1.165, 1.54) is 39.8 Å². The van der Waals surface area contributed by atoms with Crippen molar-refractivity contribution in [3.05, 3.63) is 22.3 Å². The molecule has 4 heterocycles. The second-order valence-electron chi connectivity index (χ2n) is 10.9. The third kappa shape index (κ3) is 8.74. The molecule has 15 nitrogen and oxygen atoms in total. The molecule has 0 saturated carbocycles. The monoisotopic (exact) mass is 681 g/mol. The van der Waals surface area contributed by atoms with Gasteiger partial charge in [-0.15, -0.1) is 28.2 Å². The highest BCUT2D eigenvalue weighted by atomic mass is 32.2. The lowest BCUT2D eigenvalue weighted by atomic mass is 10.0. The summed E-state index contributed by atoms with van der Waals surface area (Å²) in [6.07, 6.45) is 0.357. The Morgan fingerprint density at radius 1 is 1.27 bits per heavy atom. The summed E-state index contributed by atoms with van der Waals surface area (Å²) in [5.41, 5.74) is 6.92. The zero-order valence-electron chi connectivity index (χ0n) is 25.9. The van der Waals surface area contributed by atoms with E-state index in [9.17, 15) is 19.2 Å². The van der Waals surface area contributed by atoms with Crippen LogP contribution in [0.2, 0.25) is 0 Å². The molecular weight excluding hydrogens is 643 g/mol. The van der Waals surface area contributed by atoms with Crippen molar-refractivity contribution in [2.45, 2.75) is 75.9 Å². The van der Waals surface area contributed by atoms with Gasteiger partial charge in [0.15, 0.2) is 5.13 Å². The largest absolute Gasteiger partial charge is 0.425 e. The van der Waals surface area contributed by atoms with Gasteiger partial charge in [0.25, 0.3) is 5.91 Å². The number of hydrogen-bond donors (Lipinski definition) is 2. The number of amides is 2. The van der Waals surface area contributed by atoms with Crippen molar-refractivity contribution >= 4 is 63.7 Å². The van der Waals surface area contributed by atoms with Crippen LogP contribution in [-0.2, 0) is 41.6 Å². The lowest BCUT2D eigenvalue weighted by molar-refractivity contribution is -0.191. The maximum absolute atomic E-state index is 13.8. The minimum Gasteiger partial charge on any atom is -0.425 e.